The monoisotopic (exact) mass is 328 g/mol. The van der Waals surface area contributed by atoms with Gasteiger partial charge in [-0.05, 0) is 28.8 Å². The minimum Gasteiger partial charge on any atom is -0.350 e. The molecular formula is C18H17ClN2O2. The lowest BCUT2D eigenvalue weighted by Gasteiger charge is -2.33. The van der Waals surface area contributed by atoms with Crippen LogP contribution in [0, 0.1) is 0 Å². The van der Waals surface area contributed by atoms with Crippen LogP contribution in [0.15, 0.2) is 48.5 Å². The van der Waals surface area contributed by atoms with Gasteiger partial charge in [-0.15, -0.1) is 0 Å². The highest BCUT2D eigenvalue weighted by Gasteiger charge is 2.34. The SMILES string of the molecule is CN1C(=O)Cc2ccccc2[C@@H]1C(=O)NCc1ccc(Cl)cc1. The van der Waals surface area contributed by atoms with Gasteiger partial charge < -0.3 is 10.2 Å². The van der Waals surface area contributed by atoms with Crippen LogP contribution in [0.5, 0.6) is 0 Å². The summed E-state index contributed by atoms with van der Waals surface area (Å²) in [6.07, 6.45) is 0.341. The van der Waals surface area contributed by atoms with Crippen molar-refractivity contribution in [2.45, 2.75) is 19.0 Å². The predicted molar refractivity (Wildman–Crippen MR) is 89.0 cm³/mol. The first-order valence-corrected chi connectivity index (χ1v) is 7.79. The molecule has 1 atom stereocenters. The van der Waals surface area contributed by atoms with Gasteiger partial charge >= 0.3 is 0 Å². The lowest BCUT2D eigenvalue weighted by Crippen LogP contribution is -2.45. The molecule has 1 aliphatic heterocycles. The Balaban J connectivity index is 1.78. The molecule has 23 heavy (non-hydrogen) atoms. The summed E-state index contributed by atoms with van der Waals surface area (Å²) in [5.41, 5.74) is 2.77. The summed E-state index contributed by atoms with van der Waals surface area (Å²) < 4.78 is 0. The maximum atomic E-state index is 12.6. The highest BCUT2D eigenvalue weighted by atomic mass is 35.5. The fraction of sp³-hybridized carbons (Fsp3) is 0.222. The van der Waals surface area contributed by atoms with E-state index in [-0.39, 0.29) is 11.8 Å². The van der Waals surface area contributed by atoms with E-state index >= 15 is 0 Å². The Morgan fingerprint density at radius 2 is 1.91 bits per heavy atom. The molecule has 0 saturated heterocycles. The van der Waals surface area contributed by atoms with E-state index in [1.807, 2.05) is 36.4 Å². The highest BCUT2D eigenvalue weighted by Crippen LogP contribution is 2.29. The van der Waals surface area contributed by atoms with Crippen molar-refractivity contribution in [1.82, 2.24) is 10.2 Å². The van der Waals surface area contributed by atoms with Gasteiger partial charge in [0.25, 0.3) is 0 Å². The minimum atomic E-state index is -0.584. The second-order valence-electron chi connectivity index (χ2n) is 5.63. The normalized spacial score (nSPS) is 16.9. The molecule has 0 fully saturated rings. The first kappa shape index (κ1) is 15.6. The third-order valence-electron chi connectivity index (χ3n) is 4.10. The Kier molecular flexibility index (Phi) is 4.35. The lowest BCUT2D eigenvalue weighted by atomic mass is 9.92. The van der Waals surface area contributed by atoms with Crippen molar-refractivity contribution < 1.29 is 9.59 Å². The van der Waals surface area contributed by atoms with Crippen molar-refractivity contribution in [2.75, 3.05) is 7.05 Å². The van der Waals surface area contributed by atoms with E-state index in [2.05, 4.69) is 5.32 Å². The Morgan fingerprint density at radius 1 is 1.22 bits per heavy atom. The molecule has 1 heterocycles. The van der Waals surface area contributed by atoms with Gasteiger partial charge in [0.15, 0.2) is 0 Å². The maximum absolute atomic E-state index is 12.6. The molecule has 0 radical (unpaired) electrons. The molecule has 4 nitrogen and oxygen atoms in total. The van der Waals surface area contributed by atoms with Gasteiger partial charge in [0.1, 0.15) is 6.04 Å². The second kappa shape index (κ2) is 6.42. The number of rotatable bonds is 3. The number of carbonyl (C=O) groups is 2. The maximum Gasteiger partial charge on any atom is 0.247 e. The second-order valence-corrected chi connectivity index (χ2v) is 6.06. The van der Waals surface area contributed by atoms with E-state index in [1.54, 1.807) is 19.2 Å². The van der Waals surface area contributed by atoms with Crippen molar-refractivity contribution in [3.63, 3.8) is 0 Å². The zero-order chi connectivity index (χ0) is 16.4. The van der Waals surface area contributed by atoms with Gasteiger partial charge in [-0.1, -0.05) is 48.0 Å². The molecule has 0 saturated carbocycles. The molecule has 118 valence electrons. The quantitative estimate of drug-likeness (QED) is 0.941. The predicted octanol–water partition coefficient (Wildman–Crippen LogP) is 2.71. The van der Waals surface area contributed by atoms with Crippen LogP contribution in [0.4, 0.5) is 0 Å². The van der Waals surface area contributed by atoms with Crippen molar-refractivity contribution in [1.29, 1.82) is 0 Å². The van der Waals surface area contributed by atoms with Gasteiger partial charge in [0.05, 0.1) is 6.42 Å². The fourth-order valence-corrected chi connectivity index (χ4v) is 2.93. The summed E-state index contributed by atoms with van der Waals surface area (Å²) in [6.45, 7) is 0.400. The molecule has 0 aliphatic carbocycles. The van der Waals surface area contributed by atoms with E-state index in [4.69, 9.17) is 11.6 Å². The average Bonchev–Trinajstić information content (AvgIpc) is 2.55. The van der Waals surface area contributed by atoms with Crippen LogP contribution in [-0.2, 0) is 22.6 Å². The number of amides is 2. The number of nitrogens with zero attached hydrogens (tertiary/aromatic N) is 1. The van der Waals surface area contributed by atoms with Gasteiger partial charge in [-0.3, -0.25) is 9.59 Å². The number of benzene rings is 2. The molecule has 0 spiro atoms. The molecule has 0 bridgehead atoms. The molecule has 1 aliphatic rings. The van der Waals surface area contributed by atoms with Crippen LogP contribution in [-0.4, -0.2) is 23.8 Å². The molecule has 2 amide bonds. The van der Waals surface area contributed by atoms with E-state index < -0.39 is 6.04 Å². The zero-order valence-corrected chi connectivity index (χ0v) is 13.5. The summed E-state index contributed by atoms with van der Waals surface area (Å²) in [6, 6.07) is 14.3. The van der Waals surface area contributed by atoms with Crippen LogP contribution in [0.1, 0.15) is 22.7 Å². The molecule has 0 aromatic heterocycles. The number of hydrogen-bond donors (Lipinski definition) is 1. The molecule has 2 aromatic rings. The van der Waals surface area contributed by atoms with Crippen molar-refractivity contribution in [3.8, 4) is 0 Å². The van der Waals surface area contributed by atoms with Gasteiger partial charge in [-0.25, -0.2) is 0 Å². The Hall–Kier alpha value is -2.33. The largest absolute Gasteiger partial charge is 0.350 e. The summed E-state index contributed by atoms with van der Waals surface area (Å²) in [5, 5.41) is 3.56. The smallest absolute Gasteiger partial charge is 0.247 e. The Bertz CT molecular complexity index is 743. The first-order valence-electron chi connectivity index (χ1n) is 7.42. The molecular weight excluding hydrogens is 312 g/mol. The lowest BCUT2D eigenvalue weighted by molar-refractivity contribution is -0.140. The van der Waals surface area contributed by atoms with E-state index in [0.717, 1.165) is 16.7 Å². The van der Waals surface area contributed by atoms with Gasteiger partial charge in [-0.2, -0.15) is 0 Å². The topological polar surface area (TPSA) is 49.4 Å². The summed E-state index contributed by atoms with van der Waals surface area (Å²) >= 11 is 5.86. The van der Waals surface area contributed by atoms with Crippen molar-refractivity contribution in [3.05, 3.63) is 70.2 Å². The van der Waals surface area contributed by atoms with E-state index in [0.29, 0.717) is 18.0 Å². The summed E-state index contributed by atoms with van der Waals surface area (Å²) in [4.78, 5) is 26.3. The van der Waals surface area contributed by atoms with Crippen molar-refractivity contribution >= 4 is 23.4 Å². The molecule has 3 rings (SSSR count). The van der Waals surface area contributed by atoms with Crippen LogP contribution in [0.25, 0.3) is 0 Å². The van der Waals surface area contributed by atoms with Crippen LogP contribution < -0.4 is 5.32 Å². The zero-order valence-electron chi connectivity index (χ0n) is 12.8. The number of nitrogens with one attached hydrogen (secondary N) is 1. The molecule has 2 aromatic carbocycles. The molecule has 5 heteroatoms. The van der Waals surface area contributed by atoms with Gasteiger partial charge in [0.2, 0.25) is 11.8 Å². The minimum absolute atomic E-state index is 0.0460. The number of likely N-dealkylation sites (N-methyl/N-ethyl adjacent to an activating group) is 1. The van der Waals surface area contributed by atoms with Crippen LogP contribution >= 0.6 is 11.6 Å². The number of hydrogen-bond acceptors (Lipinski definition) is 2. The third kappa shape index (κ3) is 3.22. The van der Waals surface area contributed by atoms with Gasteiger partial charge in [0, 0.05) is 18.6 Å². The average molecular weight is 329 g/mol. The van der Waals surface area contributed by atoms with E-state index in [1.165, 1.54) is 4.90 Å². The Labute approximate surface area is 140 Å². The fourth-order valence-electron chi connectivity index (χ4n) is 2.81. The standard InChI is InChI=1S/C18H17ClN2O2/c1-21-16(22)10-13-4-2-3-5-15(13)17(21)18(23)20-11-12-6-8-14(19)9-7-12/h2-9,17H,10-11H2,1H3,(H,20,23)/t17-/m1/s1. The van der Waals surface area contributed by atoms with Crippen LogP contribution in [0.3, 0.4) is 0 Å². The van der Waals surface area contributed by atoms with Crippen molar-refractivity contribution in [2.24, 2.45) is 0 Å². The summed E-state index contributed by atoms with van der Waals surface area (Å²) in [7, 11) is 1.67. The third-order valence-corrected chi connectivity index (χ3v) is 4.35. The highest BCUT2D eigenvalue weighted by molar-refractivity contribution is 6.30. The number of carbonyl (C=O) groups excluding carboxylic acids is 2. The first-order chi connectivity index (χ1) is 11.1. The number of halogens is 1. The molecule has 0 unspecified atom stereocenters. The van der Waals surface area contributed by atoms with Crippen LogP contribution in [0.2, 0.25) is 5.02 Å². The molecule has 1 N–H and O–H groups in total. The summed E-state index contributed by atoms with van der Waals surface area (Å²) in [5.74, 6) is -0.224. The van der Waals surface area contributed by atoms with E-state index in [9.17, 15) is 9.59 Å². The Morgan fingerprint density at radius 3 is 2.65 bits per heavy atom. The number of fused-ring (bicyclic) bond motifs is 1.